The monoisotopic (exact) mass is 257 g/mol. The molecule has 0 bridgehead atoms. The van der Waals surface area contributed by atoms with Crippen molar-refractivity contribution in [3.05, 3.63) is 54.1 Å². The van der Waals surface area contributed by atoms with Gasteiger partial charge in [-0.25, -0.2) is 0 Å². The van der Waals surface area contributed by atoms with Gasteiger partial charge in [-0.2, -0.15) is 0 Å². The first kappa shape index (κ1) is 15.2. The molecule has 0 unspecified atom stereocenters. The Morgan fingerprint density at radius 2 is 1.84 bits per heavy atom. The van der Waals surface area contributed by atoms with Gasteiger partial charge in [0.1, 0.15) is 0 Å². The quantitative estimate of drug-likeness (QED) is 0.584. The third kappa shape index (κ3) is 7.98. The average molecular weight is 257 g/mol. The molecule has 0 spiro atoms. The van der Waals surface area contributed by atoms with Crippen molar-refractivity contribution in [2.24, 2.45) is 5.92 Å². The molecule has 102 valence electrons. The largest absolute Gasteiger partial charge is 0.352 e. The molecule has 1 rings (SSSR count). The lowest BCUT2D eigenvalue weighted by Crippen LogP contribution is -2.25. The number of rotatable bonds is 7. The summed E-state index contributed by atoms with van der Waals surface area (Å²) >= 11 is 0. The molecule has 2 heteroatoms. The molecule has 0 aliphatic rings. The van der Waals surface area contributed by atoms with E-state index in [1.54, 1.807) is 6.08 Å². The van der Waals surface area contributed by atoms with Crippen LogP contribution in [0.5, 0.6) is 0 Å². The standard InChI is InChI=1S/C17H23NO/c1-15(2)14-18-17(19)13-9-4-3-6-10-16-11-7-5-8-12-16/h5-13,15H,3-4,14H2,1-2H3,(H,18,19)/b10-6-,13-9+. The molecule has 2 nitrogen and oxygen atoms in total. The van der Waals surface area contributed by atoms with Gasteiger partial charge in [-0.3, -0.25) is 4.79 Å². The Bertz CT molecular complexity index is 418. The first-order valence-corrected chi connectivity index (χ1v) is 6.84. The maximum Gasteiger partial charge on any atom is 0.243 e. The van der Waals surface area contributed by atoms with Gasteiger partial charge in [0.2, 0.25) is 5.91 Å². The molecular weight excluding hydrogens is 234 g/mol. The lowest BCUT2D eigenvalue weighted by atomic mass is 10.2. The smallest absolute Gasteiger partial charge is 0.243 e. The molecule has 0 fully saturated rings. The molecule has 1 aromatic carbocycles. The van der Waals surface area contributed by atoms with Crippen LogP contribution in [0.25, 0.3) is 6.08 Å². The first-order chi connectivity index (χ1) is 9.18. The van der Waals surface area contributed by atoms with Crippen molar-refractivity contribution < 1.29 is 4.79 Å². The van der Waals surface area contributed by atoms with Gasteiger partial charge in [0.15, 0.2) is 0 Å². The van der Waals surface area contributed by atoms with E-state index in [9.17, 15) is 4.79 Å². The lowest BCUT2D eigenvalue weighted by molar-refractivity contribution is -0.116. The summed E-state index contributed by atoms with van der Waals surface area (Å²) in [6.45, 7) is 4.90. The molecule has 1 aromatic rings. The van der Waals surface area contributed by atoms with Crippen molar-refractivity contribution in [1.29, 1.82) is 0 Å². The van der Waals surface area contributed by atoms with Crippen LogP contribution < -0.4 is 5.32 Å². The molecule has 0 saturated heterocycles. The minimum atomic E-state index is 0.000684. The van der Waals surface area contributed by atoms with E-state index in [2.05, 4.69) is 43.4 Å². The predicted molar refractivity (Wildman–Crippen MR) is 81.7 cm³/mol. The topological polar surface area (TPSA) is 29.1 Å². The number of benzene rings is 1. The summed E-state index contributed by atoms with van der Waals surface area (Å²) in [6, 6.07) is 10.2. The molecule has 0 radical (unpaired) electrons. The van der Waals surface area contributed by atoms with Crippen LogP contribution >= 0.6 is 0 Å². The fraction of sp³-hybridized carbons (Fsp3) is 0.353. The Labute approximate surface area is 116 Å². The number of amides is 1. The highest BCUT2D eigenvalue weighted by atomic mass is 16.1. The van der Waals surface area contributed by atoms with Crippen molar-refractivity contribution in [2.45, 2.75) is 26.7 Å². The SMILES string of the molecule is CC(C)CNC(=O)/C=C/CC/C=C\c1ccccc1. The minimum Gasteiger partial charge on any atom is -0.352 e. The lowest BCUT2D eigenvalue weighted by Gasteiger charge is -2.03. The van der Waals surface area contributed by atoms with Crippen molar-refractivity contribution >= 4 is 12.0 Å². The van der Waals surface area contributed by atoms with Crippen LogP contribution in [0, 0.1) is 5.92 Å². The Balaban J connectivity index is 2.16. The average Bonchev–Trinajstić information content (AvgIpc) is 2.41. The van der Waals surface area contributed by atoms with Gasteiger partial charge < -0.3 is 5.32 Å². The Kier molecular flexibility index (Phi) is 7.33. The van der Waals surface area contributed by atoms with Crippen LogP contribution in [0.3, 0.4) is 0 Å². The second-order valence-corrected chi connectivity index (χ2v) is 4.93. The van der Waals surface area contributed by atoms with Gasteiger partial charge in [-0.1, -0.05) is 62.4 Å². The number of carbonyl (C=O) groups is 1. The molecule has 0 aromatic heterocycles. The van der Waals surface area contributed by atoms with Crippen molar-refractivity contribution in [2.75, 3.05) is 6.54 Å². The summed E-state index contributed by atoms with van der Waals surface area (Å²) in [5.74, 6) is 0.492. The fourth-order valence-electron chi connectivity index (χ4n) is 1.53. The van der Waals surface area contributed by atoms with E-state index in [-0.39, 0.29) is 5.91 Å². The summed E-state index contributed by atoms with van der Waals surface area (Å²) in [5.41, 5.74) is 1.21. The molecule has 0 heterocycles. The van der Waals surface area contributed by atoms with Gasteiger partial charge in [0, 0.05) is 6.54 Å². The fourth-order valence-corrected chi connectivity index (χ4v) is 1.53. The van der Waals surface area contributed by atoms with Crippen molar-refractivity contribution in [3.8, 4) is 0 Å². The van der Waals surface area contributed by atoms with Crippen molar-refractivity contribution in [3.63, 3.8) is 0 Å². The number of allylic oxidation sites excluding steroid dienone is 2. The van der Waals surface area contributed by atoms with Crippen LogP contribution in [0.4, 0.5) is 0 Å². The summed E-state index contributed by atoms with van der Waals surface area (Å²) in [7, 11) is 0. The Morgan fingerprint density at radius 1 is 1.16 bits per heavy atom. The maximum absolute atomic E-state index is 11.4. The van der Waals surface area contributed by atoms with E-state index < -0.39 is 0 Å². The second-order valence-electron chi connectivity index (χ2n) is 4.93. The number of unbranched alkanes of at least 4 members (excludes halogenated alkanes) is 1. The molecule has 1 N–H and O–H groups in total. The zero-order chi connectivity index (χ0) is 13.9. The van der Waals surface area contributed by atoms with E-state index in [0.29, 0.717) is 5.92 Å². The molecule has 19 heavy (non-hydrogen) atoms. The third-order valence-electron chi connectivity index (χ3n) is 2.56. The van der Waals surface area contributed by atoms with Crippen LogP contribution in [-0.4, -0.2) is 12.5 Å². The summed E-state index contributed by atoms with van der Waals surface area (Å²) in [4.78, 5) is 11.4. The number of nitrogens with one attached hydrogen (secondary N) is 1. The summed E-state index contributed by atoms with van der Waals surface area (Å²) in [6.07, 6.45) is 9.61. The predicted octanol–water partition coefficient (Wildman–Crippen LogP) is 3.81. The van der Waals surface area contributed by atoms with Gasteiger partial charge in [0.25, 0.3) is 0 Å². The van der Waals surface area contributed by atoms with Crippen LogP contribution in [0.15, 0.2) is 48.6 Å². The molecule has 0 aliphatic heterocycles. The van der Waals surface area contributed by atoms with Crippen molar-refractivity contribution in [1.82, 2.24) is 5.32 Å². The normalized spacial score (nSPS) is 11.5. The highest BCUT2D eigenvalue weighted by Gasteiger charge is 1.96. The summed E-state index contributed by atoms with van der Waals surface area (Å²) < 4.78 is 0. The summed E-state index contributed by atoms with van der Waals surface area (Å²) in [5, 5.41) is 2.86. The van der Waals surface area contributed by atoms with Gasteiger partial charge >= 0.3 is 0 Å². The van der Waals surface area contributed by atoms with Gasteiger partial charge in [0.05, 0.1) is 0 Å². The van der Waals surface area contributed by atoms with Crippen LogP contribution in [0.1, 0.15) is 32.3 Å². The molecule has 0 atom stereocenters. The van der Waals surface area contributed by atoms with E-state index in [1.807, 2.05) is 24.3 Å². The van der Waals surface area contributed by atoms with Crippen LogP contribution in [-0.2, 0) is 4.79 Å². The highest BCUT2D eigenvalue weighted by molar-refractivity contribution is 5.87. The zero-order valence-electron chi connectivity index (χ0n) is 11.8. The first-order valence-electron chi connectivity index (χ1n) is 6.84. The third-order valence-corrected chi connectivity index (χ3v) is 2.56. The van der Waals surface area contributed by atoms with E-state index >= 15 is 0 Å². The number of hydrogen-bond donors (Lipinski definition) is 1. The van der Waals surface area contributed by atoms with Gasteiger partial charge in [-0.05, 0) is 30.4 Å². The van der Waals surface area contributed by atoms with Gasteiger partial charge in [-0.15, -0.1) is 0 Å². The zero-order valence-corrected chi connectivity index (χ0v) is 11.8. The van der Waals surface area contributed by atoms with E-state index in [1.165, 1.54) is 5.56 Å². The highest BCUT2D eigenvalue weighted by Crippen LogP contribution is 2.03. The maximum atomic E-state index is 11.4. The molecular formula is C17H23NO. The van der Waals surface area contributed by atoms with Crippen LogP contribution in [0.2, 0.25) is 0 Å². The number of carbonyl (C=O) groups excluding carboxylic acids is 1. The molecule has 0 saturated carbocycles. The Morgan fingerprint density at radius 3 is 2.53 bits per heavy atom. The van der Waals surface area contributed by atoms with E-state index in [4.69, 9.17) is 0 Å². The van der Waals surface area contributed by atoms with E-state index in [0.717, 1.165) is 19.4 Å². The molecule has 0 aliphatic carbocycles. The second kappa shape index (κ2) is 9.15. The Hall–Kier alpha value is -1.83. The number of hydrogen-bond acceptors (Lipinski definition) is 1. The minimum absolute atomic E-state index is 0.000684. The molecule has 1 amide bonds.